The van der Waals surface area contributed by atoms with Crippen LogP contribution in [0.1, 0.15) is 38.7 Å². The van der Waals surface area contributed by atoms with Crippen molar-refractivity contribution in [1.29, 1.82) is 0 Å². The molecule has 0 bridgehead atoms. The molecule has 1 aromatic carbocycles. The third-order valence-corrected chi connectivity index (χ3v) is 6.43. The summed E-state index contributed by atoms with van der Waals surface area (Å²) >= 11 is 6.18. The summed E-state index contributed by atoms with van der Waals surface area (Å²) in [6, 6.07) is 8.07. The molecule has 0 spiro atoms. The Bertz CT molecular complexity index is 489. The fourth-order valence-corrected chi connectivity index (χ4v) is 5.33. The lowest BCUT2D eigenvalue weighted by atomic mass is 9.75. The molecule has 1 N–H and O–H groups in total. The van der Waals surface area contributed by atoms with E-state index in [0.717, 1.165) is 23.4 Å². The molecule has 0 radical (unpaired) electrons. The predicted octanol–water partition coefficient (Wildman–Crippen LogP) is 3.76. The van der Waals surface area contributed by atoms with Gasteiger partial charge in [0, 0.05) is 21.9 Å². The normalized spacial score (nSPS) is 27.2. The molecule has 1 fully saturated rings. The molecule has 112 valence electrons. The zero-order valence-electron chi connectivity index (χ0n) is 12.5. The van der Waals surface area contributed by atoms with Gasteiger partial charge in [-0.1, -0.05) is 43.6 Å². The predicted molar refractivity (Wildman–Crippen MR) is 87.6 cm³/mol. The first kappa shape index (κ1) is 16.0. The van der Waals surface area contributed by atoms with Crippen LogP contribution in [0.25, 0.3) is 0 Å². The minimum Gasteiger partial charge on any atom is -0.316 e. The number of benzene rings is 1. The maximum atomic E-state index is 12.8. The SMILES string of the molecule is CNC1CCC(C)(C)CC1S(=O)Cc1ccccc1Cl. The van der Waals surface area contributed by atoms with Gasteiger partial charge < -0.3 is 5.32 Å². The van der Waals surface area contributed by atoms with E-state index in [1.54, 1.807) is 0 Å². The lowest BCUT2D eigenvalue weighted by molar-refractivity contribution is 0.216. The van der Waals surface area contributed by atoms with Crippen LogP contribution in [-0.2, 0) is 16.6 Å². The lowest BCUT2D eigenvalue weighted by Crippen LogP contribution is -2.47. The van der Waals surface area contributed by atoms with Crippen molar-refractivity contribution < 1.29 is 4.21 Å². The molecule has 1 aliphatic rings. The minimum atomic E-state index is -0.891. The lowest BCUT2D eigenvalue weighted by Gasteiger charge is -2.40. The van der Waals surface area contributed by atoms with Gasteiger partial charge in [-0.15, -0.1) is 0 Å². The van der Waals surface area contributed by atoms with Crippen LogP contribution in [0.2, 0.25) is 5.02 Å². The van der Waals surface area contributed by atoms with E-state index in [0.29, 0.717) is 11.8 Å². The maximum absolute atomic E-state index is 12.8. The van der Waals surface area contributed by atoms with Crippen molar-refractivity contribution in [2.75, 3.05) is 7.05 Å². The quantitative estimate of drug-likeness (QED) is 0.917. The van der Waals surface area contributed by atoms with Gasteiger partial charge in [0.1, 0.15) is 0 Å². The number of halogens is 1. The third-order valence-electron chi connectivity index (χ3n) is 4.30. The summed E-state index contributed by atoms with van der Waals surface area (Å²) < 4.78 is 12.8. The standard InChI is InChI=1S/C16H24ClNOS/c1-16(2)9-8-14(18-3)15(10-16)20(19)11-12-6-4-5-7-13(12)17/h4-7,14-15,18H,8-11H2,1-3H3. The smallest absolute Gasteiger partial charge is 0.0509 e. The zero-order valence-corrected chi connectivity index (χ0v) is 14.1. The summed E-state index contributed by atoms with van der Waals surface area (Å²) in [4.78, 5) is 0. The molecule has 0 aromatic heterocycles. The molecule has 1 aliphatic carbocycles. The van der Waals surface area contributed by atoms with E-state index in [1.807, 2.05) is 31.3 Å². The van der Waals surface area contributed by atoms with Gasteiger partial charge in [0.2, 0.25) is 0 Å². The summed E-state index contributed by atoms with van der Waals surface area (Å²) in [6.45, 7) is 4.55. The molecule has 4 heteroatoms. The van der Waals surface area contributed by atoms with Crippen LogP contribution >= 0.6 is 11.6 Å². The van der Waals surface area contributed by atoms with Crippen LogP contribution in [0, 0.1) is 5.41 Å². The van der Waals surface area contributed by atoms with Gasteiger partial charge in [-0.05, 0) is 43.4 Å². The van der Waals surface area contributed by atoms with E-state index in [9.17, 15) is 4.21 Å². The first-order chi connectivity index (χ1) is 9.43. The van der Waals surface area contributed by atoms with Gasteiger partial charge in [0.05, 0.1) is 11.0 Å². The third kappa shape index (κ3) is 3.84. The molecule has 2 rings (SSSR count). The Morgan fingerprint density at radius 2 is 2.10 bits per heavy atom. The maximum Gasteiger partial charge on any atom is 0.0509 e. The fraction of sp³-hybridized carbons (Fsp3) is 0.625. The molecular formula is C16H24ClNOS. The van der Waals surface area contributed by atoms with Crippen molar-refractivity contribution in [2.45, 2.75) is 50.2 Å². The molecule has 0 amide bonds. The number of rotatable bonds is 4. The Kier molecular flexibility index (Phi) is 5.27. The van der Waals surface area contributed by atoms with Crippen LogP contribution in [0.4, 0.5) is 0 Å². The molecule has 20 heavy (non-hydrogen) atoms. The van der Waals surface area contributed by atoms with Crippen LogP contribution in [0.5, 0.6) is 0 Å². The highest BCUT2D eigenvalue weighted by Gasteiger charge is 2.37. The molecule has 2 nitrogen and oxygen atoms in total. The molecule has 0 aliphatic heterocycles. The van der Waals surface area contributed by atoms with E-state index in [-0.39, 0.29) is 10.7 Å². The monoisotopic (exact) mass is 313 g/mol. The second-order valence-corrected chi connectivity index (χ2v) is 8.52. The topological polar surface area (TPSA) is 29.1 Å². The Balaban J connectivity index is 2.12. The highest BCUT2D eigenvalue weighted by Crippen LogP contribution is 2.38. The fourth-order valence-electron chi connectivity index (χ4n) is 3.00. The first-order valence-corrected chi connectivity index (χ1v) is 8.97. The Morgan fingerprint density at radius 1 is 1.40 bits per heavy atom. The van der Waals surface area contributed by atoms with E-state index in [1.165, 1.54) is 6.42 Å². The van der Waals surface area contributed by atoms with Gasteiger partial charge in [-0.3, -0.25) is 4.21 Å². The first-order valence-electron chi connectivity index (χ1n) is 7.21. The van der Waals surface area contributed by atoms with Crippen LogP contribution in [0.15, 0.2) is 24.3 Å². The highest BCUT2D eigenvalue weighted by atomic mass is 35.5. The van der Waals surface area contributed by atoms with E-state index < -0.39 is 10.8 Å². The average Bonchev–Trinajstić information content (AvgIpc) is 2.40. The van der Waals surface area contributed by atoms with Crippen molar-refractivity contribution in [1.82, 2.24) is 5.32 Å². The Morgan fingerprint density at radius 3 is 2.75 bits per heavy atom. The minimum absolute atomic E-state index is 0.208. The second kappa shape index (κ2) is 6.59. The Labute approximate surface area is 129 Å². The molecule has 1 aromatic rings. The Hall–Kier alpha value is -0.380. The highest BCUT2D eigenvalue weighted by molar-refractivity contribution is 7.84. The molecular weight excluding hydrogens is 290 g/mol. The summed E-state index contributed by atoms with van der Waals surface area (Å²) in [5.41, 5.74) is 1.28. The molecule has 1 saturated carbocycles. The van der Waals surface area contributed by atoms with Gasteiger partial charge in [0.15, 0.2) is 0 Å². The summed E-state index contributed by atoms with van der Waals surface area (Å²) in [6.07, 6.45) is 3.30. The average molecular weight is 314 g/mol. The van der Waals surface area contributed by atoms with Crippen LogP contribution < -0.4 is 5.32 Å². The van der Waals surface area contributed by atoms with Crippen molar-refractivity contribution >= 4 is 22.4 Å². The number of nitrogens with one attached hydrogen (secondary N) is 1. The summed E-state index contributed by atoms with van der Waals surface area (Å²) in [7, 11) is 1.08. The van der Waals surface area contributed by atoms with Crippen LogP contribution in [-0.4, -0.2) is 22.5 Å². The zero-order chi connectivity index (χ0) is 14.8. The molecule has 3 atom stereocenters. The summed E-state index contributed by atoms with van der Waals surface area (Å²) in [5, 5.41) is 4.27. The molecule has 0 saturated heterocycles. The van der Waals surface area contributed by atoms with Crippen molar-refractivity contribution in [3.05, 3.63) is 34.9 Å². The van der Waals surface area contributed by atoms with Gasteiger partial charge in [0.25, 0.3) is 0 Å². The largest absolute Gasteiger partial charge is 0.316 e. The second-order valence-electron chi connectivity index (χ2n) is 6.46. The number of hydrogen-bond acceptors (Lipinski definition) is 2. The van der Waals surface area contributed by atoms with Crippen LogP contribution in [0.3, 0.4) is 0 Å². The van der Waals surface area contributed by atoms with E-state index in [2.05, 4.69) is 19.2 Å². The van der Waals surface area contributed by atoms with E-state index >= 15 is 0 Å². The van der Waals surface area contributed by atoms with Crippen molar-refractivity contribution in [2.24, 2.45) is 5.41 Å². The van der Waals surface area contributed by atoms with Crippen molar-refractivity contribution in [3.63, 3.8) is 0 Å². The van der Waals surface area contributed by atoms with E-state index in [4.69, 9.17) is 11.6 Å². The molecule has 0 heterocycles. The van der Waals surface area contributed by atoms with Gasteiger partial charge in [-0.25, -0.2) is 0 Å². The molecule has 3 unspecified atom stereocenters. The number of hydrogen-bond donors (Lipinski definition) is 1. The van der Waals surface area contributed by atoms with Gasteiger partial charge in [-0.2, -0.15) is 0 Å². The van der Waals surface area contributed by atoms with Crippen molar-refractivity contribution in [3.8, 4) is 0 Å². The van der Waals surface area contributed by atoms with Gasteiger partial charge >= 0.3 is 0 Å². The summed E-state index contributed by atoms with van der Waals surface area (Å²) in [5.74, 6) is 0.554.